The first kappa shape index (κ1) is 9.48. The number of hydrogen-bond acceptors (Lipinski definition) is 3. The van der Waals surface area contributed by atoms with E-state index in [4.69, 9.17) is 11.6 Å². The van der Waals surface area contributed by atoms with E-state index >= 15 is 0 Å². The smallest absolute Gasteiger partial charge is 0.282 e. The lowest BCUT2D eigenvalue weighted by atomic mass is 10.6. The zero-order valence-electron chi connectivity index (χ0n) is 6.87. The highest BCUT2D eigenvalue weighted by molar-refractivity contribution is 7.13. The van der Waals surface area contributed by atoms with Crippen LogP contribution >= 0.6 is 22.9 Å². The summed E-state index contributed by atoms with van der Waals surface area (Å²) in [5, 5.41) is 0.496. The second-order valence-electron chi connectivity index (χ2n) is 2.46. The summed E-state index contributed by atoms with van der Waals surface area (Å²) in [6.45, 7) is 0. The Morgan fingerprint density at radius 1 is 1.75 bits per heavy atom. The van der Waals surface area contributed by atoms with Crippen molar-refractivity contribution in [3.05, 3.63) is 16.1 Å². The van der Waals surface area contributed by atoms with Gasteiger partial charge in [-0.05, 0) is 0 Å². The van der Waals surface area contributed by atoms with E-state index in [0.717, 1.165) is 4.88 Å². The van der Waals surface area contributed by atoms with E-state index in [-0.39, 0.29) is 5.91 Å². The van der Waals surface area contributed by atoms with Crippen LogP contribution in [0.3, 0.4) is 0 Å². The highest BCUT2D eigenvalue weighted by Crippen LogP contribution is 2.15. The van der Waals surface area contributed by atoms with Gasteiger partial charge >= 0.3 is 0 Å². The Labute approximate surface area is 80.0 Å². The number of nitrogens with zero attached hydrogens (tertiary/aromatic N) is 2. The molecule has 1 rings (SSSR count). The number of halogens is 1. The Kier molecular flexibility index (Phi) is 3.05. The van der Waals surface area contributed by atoms with Crippen molar-refractivity contribution < 1.29 is 4.79 Å². The third-order valence-corrected chi connectivity index (χ3v) is 2.71. The summed E-state index contributed by atoms with van der Waals surface area (Å²) in [5.74, 6) is 0.342. The maximum atomic E-state index is 11.3. The molecular formula is C7H9ClN2OS. The maximum absolute atomic E-state index is 11.3. The van der Waals surface area contributed by atoms with Gasteiger partial charge in [0.1, 0.15) is 0 Å². The van der Waals surface area contributed by atoms with Gasteiger partial charge in [0, 0.05) is 25.2 Å². The van der Waals surface area contributed by atoms with Crippen LogP contribution in [0.15, 0.2) is 6.20 Å². The van der Waals surface area contributed by atoms with Crippen molar-refractivity contribution >= 4 is 28.8 Å². The van der Waals surface area contributed by atoms with E-state index < -0.39 is 0 Å². The topological polar surface area (TPSA) is 33.2 Å². The van der Waals surface area contributed by atoms with E-state index in [1.165, 1.54) is 16.2 Å². The normalized spacial score (nSPS) is 9.92. The molecule has 0 saturated carbocycles. The summed E-state index contributed by atoms with van der Waals surface area (Å²) in [6, 6.07) is 0. The van der Waals surface area contributed by atoms with E-state index in [9.17, 15) is 4.79 Å². The van der Waals surface area contributed by atoms with Crippen LogP contribution in [0.5, 0.6) is 0 Å². The highest BCUT2D eigenvalue weighted by Gasteiger charge is 2.11. The minimum Gasteiger partial charge on any atom is -0.343 e. The predicted octanol–water partition coefficient (Wildman–Crippen LogP) is 1.58. The number of thiazole rings is 1. The summed E-state index contributed by atoms with van der Waals surface area (Å²) >= 11 is 6.91. The summed E-state index contributed by atoms with van der Waals surface area (Å²) in [5.41, 5.74) is 0. The van der Waals surface area contributed by atoms with Crippen LogP contribution in [0.1, 0.15) is 14.7 Å². The largest absolute Gasteiger partial charge is 0.343 e. The first-order chi connectivity index (χ1) is 5.65. The number of alkyl halides is 1. The quantitative estimate of drug-likeness (QED) is 0.686. The fraction of sp³-hybridized carbons (Fsp3) is 0.429. The molecule has 3 nitrogen and oxygen atoms in total. The SMILES string of the molecule is CN(C)C(=O)c1ncc(CCl)s1. The molecule has 0 radical (unpaired) electrons. The zero-order valence-corrected chi connectivity index (χ0v) is 8.45. The molecule has 1 heterocycles. The van der Waals surface area contributed by atoms with Gasteiger partial charge in [-0.15, -0.1) is 22.9 Å². The molecule has 66 valence electrons. The Balaban J connectivity index is 2.82. The third-order valence-electron chi connectivity index (χ3n) is 1.27. The molecule has 12 heavy (non-hydrogen) atoms. The zero-order chi connectivity index (χ0) is 9.14. The second-order valence-corrected chi connectivity index (χ2v) is 3.85. The van der Waals surface area contributed by atoms with Crippen LogP contribution in [-0.2, 0) is 5.88 Å². The fourth-order valence-electron chi connectivity index (χ4n) is 0.659. The van der Waals surface area contributed by atoms with Crippen molar-refractivity contribution in [1.29, 1.82) is 0 Å². The molecule has 0 aliphatic carbocycles. The van der Waals surface area contributed by atoms with Crippen LogP contribution in [0, 0.1) is 0 Å². The van der Waals surface area contributed by atoms with Crippen LogP contribution < -0.4 is 0 Å². The lowest BCUT2D eigenvalue weighted by molar-refractivity contribution is 0.0827. The second kappa shape index (κ2) is 3.87. The summed E-state index contributed by atoms with van der Waals surface area (Å²) in [4.78, 5) is 17.7. The van der Waals surface area contributed by atoms with Crippen LogP contribution in [0.2, 0.25) is 0 Å². The maximum Gasteiger partial charge on any atom is 0.282 e. The monoisotopic (exact) mass is 204 g/mol. The third kappa shape index (κ3) is 1.95. The average molecular weight is 205 g/mol. The molecule has 5 heteroatoms. The first-order valence-electron chi connectivity index (χ1n) is 3.37. The number of aromatic nitrogens is 1. The average Bonchev–Trinajstić information content (AvgIpc) is 2.50. The molecule has 0 aliphatic heterocycles. The van der Waals surface area contributed by atoms with Crippen molar-refractivity contribution in [3.63, 3.8) is 0 Å². The van der Waals surface area contributed by atoms with Crippen molar-refractivity contribution in [2.75, 3.05) is 14.1 Å². The van der Waals surface area contributed by atoms with E-state index in [1.54, 1.807) is 20.3 Å². The molecule has 0 unspecified atom stereocenters. The summed E-state index contributed by atoms with van der Waals surface area (Å²) < 4.78 is 0. The molecule has 1 aromatic heterocycles. The molecule has 1 aromatic rings. The molecule has 0 atom stereocenters. The van der Waals surface area contributed by atoms with Gasteiger partial charge in [0.05, 0.1) is 5.88 Å². The molecule has 0 N–H and O–H groups in total. The Morgan fingerprint density at radius 3 is 2.83 bits per heavy atom. The van der Waals surface area contributed by atoms with Gasteiger partial charge in [0.2, 0.25) is 0 Å². The number of carbonyl (C=O) groups is 1. The number of hydrogen-bond donors (Lipinski definition) is 0. The van der Waals surface area contributed by atoms with Gasteiger partial charge in [-0.3, -0.25) is 4.79 Å². The van der Waals surface area contributed by atoms with Crippen molar-refractivity contribution in [1.82, 2.24) is 9.88 Å². The minimum atomic E-state index is -0.0728. The summed E-state index contributed by atoms with van der Waals surface area (Å²) in [7, 11) is 3.40. The fourth-order valence-corrected chi connectivity index (χ4v) is 1.68. The lowest BCUT2D eigenvalue weighted by Gasteiger charge is -2.05. The molecule has 0 fully saturated rings. The Morgan fingerprint density at radius 2 is 2.42 bits per heavy atom. The molecule has 0 aliphatic rings. The van der Waals surface area contributed by atoms with Crippen molar-refractivity contribution in [3.8, 4) is 0 Å². The van der Waals surface area contributed by atoms with Gasteiger partial charge in [0.25, 0.3) is 5.91 Å². The minimum absolute atomic E-state index is 0.0728. The number of amides is 1. The number of carbonyl (C=O) groups excluding carboxylic acids is 1. The van der Waals surface area contributed by atoms with Crippen molar-refractivity contribution in [2.24, 2.45) is 0 Å². The molecule has 1 amide bonds. The van der Waals surface area contributed by atoms with E-state index in [0.29, 0.717) is 10.9 Å². The van der Waals surface area contributed by atoms with Crippen LogP contribution in [-0.4, -0.2) is 29.9 Å². The molecule has 0 saturated heterocycles. The standard InChI is InChI=1S/C7H9ClN2OS/c1-10(2)7(11)6-9-4-5(3-8)12-6/h4H,3H2,1-2H3. The van der Waals surface area contributed by atoms with Gasteiger partial charge < -0.3 is 4.90 Å². The lowest BCUT2D eigenvalue weighted by Crippen LogP contribution is -2.21. The highest BCUT2D eigenvalue weighted by atomic mass is 35.5. The van der Waals surface area contributed by atoms with E-state index in [2.05, 4.69) is 4.98 Å². The Bertz CT molecular complexity index is 285. The Hall–Kier alpha value is -0.610. The van der Waals surface area contributed by atoms with Gasteiger partial charge in [-0.2, -0.15) is 0 Å². The van der Waals surface area contributed by atoms with Crippen LogP contribution in [0.4, 0.5) is 0 Å². The van der Waals surface area contributed by atoms with Gasteiger partial charge in [-0.1, -0.05) is 0 Å². The molecule has 0 aromatic carbocycles. The molecular weight excluding hydrogens is 196 g/mol. The number of rotatable bonds is 2. The van der Waals surface area contributed by atoms with Gasteiger partial charge in [-0.25, -0.2) is 4.98 Å². The van der Waals surface area contributed by atoms with Crippen LogP contribution in [0.25, 0.3) is 0 Å². The van der Waals surface area contributed by atoms with Gasteiger partial charge in [0.15, 0.2) is 5.01 Å². The van der Waals surface area contributed by atoms with Crippen molar-refractivity contribution in [2.45, 2.75) is 5.88 Å². The van der Waals surface area contributed by atoms with E-state index in [1.807, 2.05) is 0 Å². The predicted molar refractivity (Wildman–Crippen MR) is 49.7 cm³/mol. The summed E-state index contributed by atoms with van der Waals surface area (Å²) in [6.07, 6.45) is 1.63. The first-order valence-corrected chi connectivity index (χ1v) is 4.72. The molecule has 0 spiro atoms. The molecule has 0 bridgehead atoms.